The minimum atomic E-state index is -0.591. The largest absolute Gasteiger partial charge is 0.497 e. The van der Waals surface area contributed by atoms with Gasteiger partial charge < -0.3 is 15.0 Å². The Kier molecular flexibility index (Phi) is 5.83. The number of carbonyl (C=O) groups excluding carboxylic acids is 2. The number of methoxy groups -OCH3 is 1. The van der Waals surface area contributed by atoms with Gasteiger partial charge in [-0.3, -0.25) is 9.59 Å². The number of hydrogen-bond acceptors (Lipinski definition) is 4. The third kappa shape index (κ3) is 4.02. The summed E-state index contributed by atoms with van der Waals surface area (Å²) < 4.78 is 18.7. The zero-order chi connectivity index (χ0) is 18.7. The lowest BCUT2D eigenvalue weighted by Crippen LogP contribution is -2.44. The highest BCUT2D eigenvalue weighted by Crippen LogP contribution is 2.27. The minimum Gasteiger partial charge on any atom is -0.497 e. The second kappa shape index (κ2) is 8.09. The number of ether oxygens (including phenoxy) is 1. The van der Waals surface area contributed by atoms with Crippen molar-refractivity contribution in [1.29, 1.82) is 0 Å². The summed E-state index contributed by atoms with van der Waals surface area (Å²) in [5.41, 5.74) is 0.958. The lowest BCUT2D eigenvalue weighted by molar-refractivity contribution is -0.119. The van der Waals surface area contributed by atoms with Gasteiger partial charge >= 0.3 is 0 Å². The SMILES string of the molecule is COc1ccc(NC(=O)C2CSCN2C(=O)c2ccc(F)cc2Br)cc1. The summed E-state index contributed by atoms with van der Waals surface area (Å²) in [6, 6.07) is 10.3. The molecule has 0 spiro atoms. The summed E-state index contributed by atoms with van der Waals surface area (Å²) in [4.78, 5) is 26.9. The third-order valence-electron chi connectivity index (χ3n) is 3.96. The van der Waals surface area contributed by atoms with Gasteiger partial charge in [0.05, 0.1) is 18.6 Å². The van der Waals surface area contributed by atoms with Gasteiger partial charge in [-0.25, -0.2) is 4.39 Å². The van der Waals surface area contributed by atoms with Crippen LogP contribution in [0.3, 0.4) is 0 Å². The van der Waals surface area contributed by atoms with Crippen molar-refractivity contribution in [2.45, 2.75) is 6.04 Å². The Bertz CT molecular complexity index is 832. The van der Waals surface area contributed by atoms with Crippen LogP contribution in [0.5, 0.6) is 5.75 Å². The highest BCUT2D eigenvalue weighted by Gasteiger charge is 2.35. The molecule has 1 atom stereocenters. The van der Waals surface area contributed by atoms with Crippen LogP contribution in [-0.4, -0.2) is 41.5 Å². The number of hydrogen-bond donors (Lipinski definition) is 1. The van der Waals surface area contributed by atoms with E-state index in [1.165, 1.54) is 34.9 Å². The van der Waals surface area contributed by atoms with Crippen molar-refractivity contribution in [2.75, 3.05) is 24.1 Å². The van der Waals surface area contributed by atoms with Crippen LogP contribution < -0.4 is 10.1 Å². The first kappa shape index (κ1) is 18.7. The molecule has 1 heterocycles. The average Bonchev–Trinajstić information content (AvgIpc) is 3.12. The van der Waals surface area contributed by atoms with E-state index in [0.29, 0.717) is 33.1 Å². The van der Waals surface area contributed by atoms with Gasteiger partial charge in [0, 0.05) is 15.9 Å². The second-order valence-corrected chi connectivity index (χ2v) is 7.49. The fraction of sp³-hybridized carbons (Fsp3) is 0.222. The Hall–Kier alpha value is -2.06. The molecule has 2 aromatic carbocycles. The number of nitrogens with zero attached hydrogens (tertiary/aromatic N) is 1. The van der Waals surface area contributed by atoms with E-state index in [1.54, 1.807) is 31.4 Å². The molecular weight excluding hydrogens is 423 g/mol. The third-order valence-corrected chi connectivity index (χ3v) is 5.63. The molecule has 0 bridgehead atoms. The van der Waals surface area contributed by atoms with Crippen molar-refractivity contribution in [3.8, 4) is 5.75 Å². The van der Waals surface area contributed by atoms with Crippen LogP contribution in [0.4, 0.5) is 10.1 Å². The van der Waals surface area contributed by atoms with Gasteiger partial charge in [0.2, 0.25) is 5.91 Å². The number of rotatable bonds is 4. The van der Waals surface area contributed by atoms with E-state index in [2.05, 4.69) is 21.2 Å². The average molecular weight is 439 g/mol. The van der Waals surface area contributed by atoms with Gasteiger partial charge in [-0.2, -0.15) is 0 Å². The molecule has 8 heteroatoms. The minimum absolute atomic E-state index is 0.258. The van der Waals surface area contributed by atoms with Crippen molar-refractivity contribution < 1.29 is 18.7 Å². The van der Waals surface area contributed by atoms with Gasteiger partial charge in [0.25, 0.3) is 5.91 Å². The maximum absolute atomic E-state index is 13.3. The van der Waals surface area contributed by atoms with Crippen molar-refractivity contribution in [3.63, 3.8) is 0 Å². The van der Waals surface area contributed by atoms with Crippen molar-refractivity contribution in [1.82, 2.24) is 4.90 Å². The number of anilines is 1. The number of carbonyl (C=O) groups is 2. The molecule has 0 aromatic heterocycles. The quantitative estimate of drug-likeness (QED) is 0.789. The number of thioether (sulfide) groups is 1. The smallest absolute Gasteiger partial charge is 0.256 e. The summed E-state index contributed by atoms with van der Waals surface area (Å²) in [5.74, 6) is 0.606. The molecule has 136 valence electrons. The van der Waals surface area contributed by atoms with E-state index < -0.39 is 11.9 Å². The Morgan fingerprint density at radius 1 is 1.27 bits per heavy atom. The molecule has 3 rings (SSSR count). The zero-order valence-corrected chi connectivity index (χ0v) is 16.3. The highest BCUT2D eigenvalue weighted by atomic mass is 79.9. The summed E-state index contributed by atoms with van der Waals surface area (Å²) >= 11 is 4.71. The molecule has 0 saturated carbocycles. The monoisotopic (exact) mass is 438 g/mol. The molecule has 1 aliphatic heterocycles. The molecule has 1 N–H and O–H groups in total. The predicted octanol–water partition coefficient (Wildman–Crippen LogP) is 3.75. The van der Waals surface area contributed by atoms with Gasteiger partial charge in [0.15, 0.2) is 0 Å². The lowest BCUT2D eigenvalue weighted by atomic mass is 10.1. The van der Waals surface area contributed by atoms with Crippen LogP contribution in [0.2, 0.25) is 0 Å². The van der Waals surface area contributed by atoms with Crippen LogP contribution in [-0.2, 0) is 4.79 Å². The Morgan fingerprint density at radius 3 is 2.65 bits per heavy atom. The molecule has 1 saturated heterocycles. The molecule has 1 unspecified atom stereocenters. The van der Waals surface area contributed by atoms with Gasteiger partial charge in [0.1, 0.15) is 17.6 Å². The van der Waals surface area contributed by atoms with Gasteiger partial charge in [-0.05, 0) is 58.4 Å². The normalized spacial score (nSPS) is 16.4. The predicted molar refractivity (Wildman–Crippen MR) is 103 cm³/mol. The Balaban J connectivity index is 1.74. The number of halogens is 2. The topological polar surface area (TPSA) is 58.6 Å². The number of benzene rings is 2. The van der Waals surface area contributed by atoms with E-state index in [-0.39, 0.29) is 11.8 Å². The van der Waals surface area contributed by atoms with Crippen molar-refractivity contribution in [3.05, 3.63) is 58.3 Å². The molecule has 26 heavy (non-hydrogen) atoms. The van der Waals surface area contributed by atoms with E-state index in [0.717, 1.165) is 0 Å². The van der Waals surface area contributed by atoms with Gasteiger partial charge in [-0.1, -0.05) is 0 Å². The summed E-state index contributed by atoms with van der Waals surface area (Å²) in [6.07, 6.45) is 0. The fourth-order valence-electron chi connectivity index (χ4n) is 2.58. The van der Waals surface area contributed by atoms with Crippen LogP contribution in [0.1, 0.15) is 10.4 Å². The van der Waals surface area contributed by atoms with Crippen LogP contribution in [0, 0.1) is 5.82 Å². The second-order valence-electron chi connectivity index (χ2n) is 5.63. The lowest BCUT2D eigenvalue weighted by Gasteiger charge is -2.23. The molecular formula is C18H16BrFN2O3S. The zero-order valence-electron chi connectivity index (χ0n) is 13.9. The van der Waals surface area contributed by atoms with Crippen LogP contribution in [0.15, 0.2) is 46.9 Å². The fourth-order valence-corrected chi connectivity index (χ4v) is 4.25. The molecule has 2 aromatic rings. The van der Waals surface area contributed by atoms with Gasteiger partial charge in [-0.15, -0.1) is 11.8 Å². The molecule has 0 radical (unpaired) electrons. The summed E-state index contributed by atoms with van der Waals surface area (Å²) in [6.45, 7) is 0. The molecule has 1 fully saturated rings. The van der Waals surface area contributed by atoms with Crippen molar-refractivity contribution in [2.24, 2.45) is 0 Å². The molecule has 1 aliphatic rings. The van der Waals surface area contributed by atoms with Crippen molar-refractivity contribution >= 4 is 45.2 Å². The van der Waals surface area contributed by atoms with E-state index >= 15 is 0 Å². The summed E-state index contributed by atoms with van der Waals surface area (Å²) in [5, 5.41) is 2.82. The maximum Gasteiger partial charge on any atom is 0.256 e. The maximum atomic E-state index is 13.3. The van der Waals surface area contributed by atoms with E-state index in [4.69, 9.17) is 4.74 Å². The Labute approximate surface area is 163 Å². The first-order valence-electron chi connectivity index (χ1n) is 7.78. The van der Waals surface area contributed by atoms with E-state index in [9.17, 15) is 14.0 Å². The molecule has 5 nitrogen and oxygen atoms in total. The van der Waals surface area contributed by atoms with E-state index in [1.807, 2.05) is 0 Å². The summed E-state index contributed by atoms with van der Waals surface area (Å²) in [7, 11) is 1.57. The highest BCUT2D eigenvalue weighted by molar-refractivity contribution is 9.10. The first-order valence-corrected chi connectivity index (χ1v) is 9.73. The standard InChI is InChI=1S/C18H16BrFN2O3S/c1-25-13-5-3-12(4-6-13)21-17(23)16-9-26-10-22(16)18(24)14-7-2-11(20)8-15(14)19/h2-8,16H,9-10H2,1H3,(H,21,23). The van der Waals surface area contributed by atoms with Crippen LogP contribution >= 0.6 is 27.7 Å². The molecule has 2 amide bonds. The molecule has 0 aliphatic carbocycles. The number of nitrogens with one attached hydrogen (secondary N) is 1. The number of amides is 2. The Morgan fingerprint density at radius 2 is 2.00 bits per heavy atom. The van der Waals surface area contributed by atoms with Crippen LogP contribution in [0.25, 0.3) is 0 Å². The first-order chi connectivity index (χ1) is 12.5.